The van der Waals surface area contributed by atoms with Crippen molar-refractivity contribution in [1.29, 1.82) is 0 Å². The van der Waals surface area contributed by atoms with Crippen LogP contribution in [0.2, 0.25) is 0 Å². The number of hydrogen-bond donors (Lipinski definition) is 3. The van der Waals surface area contributed by atoms with Crippen molar-refractivity contribution in [3.05, 3.63) is 51.5 Å². The topological polar surface area (TPSA) is 83.3 Å². The summed E-state index contributed by atoms with van der Waals surface area (Å²) in [7, 11) is 0. The van der Waals surface area contributed by atoms with Gasteiger partial charge in [-0.05, 0) is 49.4 Å². The number of aryl methyl sites for hydroxylation is 1. The lowest BCUT2D eigenvalue weighted by Gasteiger charge is -2.32. The molecule has 1 aliphatic carbocycles. The number of nitrogens with two attached hydrogens (primary N) is 1. The summed E-state index contributed by atoms with van der Waals surface area (Å²) in [6.45, 7) is 4.69. The number of benzene rings is 1. The first-order valence-electron chi connectivity index (χ1n) is 10.8. The van der Waals surface area contributed by atoms with Crippen LogP contribution >= 0.6 is 11.3 Å². The van der Waals surface area contributed by atoms with E-state index in [0.717, 1.165) is 29.0 Å². The van der Waals surface area contributed by atoms with E-state index in [1.807, 2.05) is 24.0 Å². The number of rotatable bonds is 3. The summed E-state index contributed by atoms with van der Waals surface area (Å²) in [6.07, 6.45) is 1.18. The number of hydrogen-bond acceptors (Lipinski definition) is 6. The summed E-state index contributed by atoms with van der Waals surface area (Å²) in [4.78, 5) is 20.4. The van der Waals surface area contributed by atoms with E-state index in [0.29, 0.717) is 53.3 Å². The second-order valence-electron chi connectivity index (χ2n) is 8.45. The van der Waals surface area contributed by atoms with Gasteiger partial charge in [0, 0.05) is 49.4 Å². The maximum absolute atomic E-state index is 15.2. The van der Waals surface area contributed by atoms with Crippen LogP contribution in [-0.2, 0) is 12.8 Å². The Hall–Kier alpha value is -2.78. The Kier molecular flexibility index (Phi) is 5.46. The molecule has 0 radical (unpaired) electrons. The van der Waals surface area contributed by atoms with E-state index in [1.54, 1.807) is 0 Å². The maximum Gasteiger partial charge on any atom is 0.263 e. The predicted molar refractivity (Wildman–Crippen MR) is 123 cm³/mol. The van der Waals surface area contributed by atoms with Gasteiger partial charge < -0.3 is 21.3 Å². The number of nitrogens with one attached hydrogen (secondary N) is 2. The molecule has 1 atom stereocenters. The summed E-state index contributed by atoms with van der Waals surface area (Å²) in [5.74, 6) is -1.03. The predicted octanol–water partition coefficient (Wildman–Crippen LogP) is 3.16. The van der Waals surface area contributed by atoms with Crippen LogP contribution in [0, 0.1) is 18.6 Å². The number of carbonyl (C=O) groups excluding carboxylic acids is 1. The van der Waals surface area contributed by atoms with Gasteiger partial charge in [-0.1, -0.05) is 0 Å². The van der Waals surface area contributed by atoms with E-state index in [-0.39, 0.29) is 24.2 Å². The van der Waals surface area contributed by atoms with E-state index in [2.05, 4.69) is 15.6 Å². The highest BCUT2D eigenvalue weighted by Gasteiger charge is 2.30. The molecule has 6 nitrogen and oxygen atoms in total. The zero-order valence-electron chi connectivity index (χ0n) is 17.8. The molecule has 0 bridgehead atoms. The number of pyridine rings is 1. The standard InChI is InChI=1S/C23H25F2N5OS/c1-12-2-4-15-20(26)21(32-23(15)28-12)22(31)29-13-3-5-14-16(10-13)17(24)11-18(19(14)25)30-8-6-27-7-9-30/h2,4,11,13,27H,3,5-10,26H2,1H3,(H,29,31)/t13-/m1/s1. The van der Waals surface area contributed by atoms with E-state index in [9.17, 15) is 9.18 Å². The maximum atomic E-state index is 15.2. The average molecular weight is 458 g/mol. The molecule has 3 aromatic rings. The highest BCUT2D eigenvalue weighted by molar-refractivity contribution is 7.21. The van der Waals surface area contributed by atoms with E-state index >= 15 is 4.39 Å². The molecule has 0 unspecified atom stereocenters. The fourth-order valence-electron chi connectivity index (χ4n) is 4.62. The molecule has 9 heteroatoms. The first-order valence-corrected chi connectivity index (χ1v) is 11.7. The highest BCUT2D eigenvalue weighted by Crippen LogP contribution is 2.35. The molecule has 0 spiro atoms. The number of fused-ring (bicyclic) bond motifs is 2. The molecule has 1 fully saturated rings. The number of amides is 1. The average Bonchev–Trinajstić information content (AvgIpc) is 3.12. The summed E-state index contributed by atoms with van der Waals surface area (Å²) in [6, 6.07) is 4.75. The number of anilines is 2. The van der Waals surface area contributed by atoms with Crippen molar-refractivity contribution in [1.82, 2.24) is 15.6 Å². The molecule has 1 saturated heterocycles. The molecule has 3 heterocycles. The van der Waals surface area contributed by atoms with Crippen LogP contribution in [0.15, 0.2) is 18.2 Å². The van der Waals surface area contributed by atoms with Gasteiger partial charge in [-0.15, -0.1) is 11.3 Å². The molecule has 4 N–H and O–H groups in total. The van der Waals surface area contributed by atoms with E-state index in [1.165, 1.54) is 17.4 Å². The molecule has 0 saturated carbocycles. The van der Waals surface area contributed by atoms with Gasteiger partial charge in [0.15, 0.2) is 0 Å². The van der Waals surface area contributed by atoms with Crippen molar-refractivity contribution >= 4 is 38.8 Å². The number of carbonyl (C=O) groups is 1. The quantitative estimate of drug-likeness (QED) is 0.563. The molecule has 5 rings (SSSR count). The fraction of sp³-hybridized carbons (Fsp3) is 0.391. The minimum atomic E-state index is -0.407. The highest BCUT2D eigenvalue weighted by atomic mass is 32.1. The number of halogens is 2. The van der Waals surface area contributed by atoms with Crippen LogP contribution in [0.1, 0.15) is 32.9 Å². The summed E-state index contributed by atoms with van der Waals surface area (Å²) >= 11 is 1.25. The normalized spacial score (nSPS) is 18.6. The van der Waals surface area contributed by atoms with Crippen molar-refractivity contribution in [2.24, 2.45) is 0 Å². The SMILES string of the molecule is Cc1ccc2c(N)c(C(=O)N[C@@H]3CCc4c(F)c(N5CCNCC5)cc(F)c4C3)sc2n1. The van der Waals surface area contributed by atoms with Gasteiger partial charge >= 0.3 is 0 Å². The zero-order valence-corrected chi connectivity index (χ0v) is 18.6. The number of nitrogens with zero attached hydrogens (tertiary/aromatic N) is 2. The van der Waals surface area contributed by atoms with Gasteiger partial charge in [-0.25, -0.2) is 13.8 Å². The van der Waals surface area contributed by atoms with E-state index < -0.39 is 5.82 Å². The van der Waals surface area contributed by atoms with Crippen LogP contribution in [0.5, 0.6) is 0 Å². The molecule has 2 aromatic heterocycles. The second-order valence-corrected chi connectivity index (χ2v) is 9.45. The molecular formula is C23H25F2N5OS. The number of piperazine rings is 1. The van der Waals surface area contributed by atoms with Crippen LogP contribution in [-0.4, -0.2) is 43.1 Å². The Morgan fingerprint density at radius 3 is 2.84 bits per heavy atom. The van der Waals surface area contributed by atoms with Gasteiger partial charge in [0.25, 0.3) is 5.91 Å². The Labute approximate surface area is 188 Å². The van der Waals surface area contributed by atoms with Gasteiger partial charge in [0.05, 0.1) is 11.4 Å². The van der Waals surface area contributed by atoms with Crippen molar-refractivity contribution in [3.63, 3.8) is 0 Å². The van der Waals surface area contributed by atoms with Crippen LogP contribution < -0.4 is 21.3 Å². The van der Waals surface area contributed by atoms with Crippen molar-refractivity contribution in [2.45, 2.75) is 32.2 Å². The molecule has 1 aliphatic heterocycles. The first kappa shape index (κ1) is 21.1. The Bertz CT molecular complexity index is 1210. The van der Waals surface area contributed by atoms with Crippen LogP contribution in [0.3, 0.4) is 0 Å². The van der Waals surface area contributed by atoms with Crippen molar-refractivity contribution in [2.75, 3.05) is 36.8 Å². The lowest BCUT2D eigenvalue weighted by atomic mass is 9.86. The third-order valence-corrected chi connectivity index (χ3v) is 7.45. The van der Waals surface area contributed by atoms with Gasteiger partial charge in [0.1, 0.15) is 21.3 Å². The first-order chi connectivity index (χ1) is 15.4. The number of aromatic nitrogens is 1. The fourth-order valence-corrected chi connectivity index (χ4v) is 5.66. The lowest BCUT2D eigenvalue weighted by molar-refractivity contribution is 0.0938. The molecular weight excluding hydrogens is 432 g/mol. The monoisotopic (exact) mass is 457 g/mol. The van der Waals surface area contributed by atoms with Crippen LogP contribution in [0.4, 0.5) is 20.2 Å². The number of nitrogen functional groups attached to an aromatic ring is 1. The largest absolute Gasteiger partial charge is 0.397 e. The van der Waals surface area contributed by atoms with Gasteiger partial charge in [-0.2, -0.15) is 0 Å². The number of thiophene rings is 1. The molecule has 2 aliphatic rings. The minimum absolute atomic E-state index is 0.258. The Balaban J connectivity index is 1.36. The van der Waals surface area contributed by atoms with Gasteiger partial charge in [0.2, 0.25) is 0 Å². The van der Waals surface area contributed by atoms with Gasteiger partial charge in [-0.3, -0.25) is 4.79 Å². The Morgan fingerprint density at radius 1 is 1.28 bits per heavy atom. The zero-order chi connectivity index (χ0) is 22.4. The molecule has 168 valence electrons. The Morgan fingerprint density at radius 2 is 2.06 bits per heavy atom. The van der Waals surface area contributed by atoms with Crippen molar-refractivity contribution in [3.8, 4) is 0 Å². The third-order valence-electron chi connectivity index (χ3n) is 6.33. The molecule has 1 amide bonds. The van der Waals surface area contributed by atoms with Crippen molar-refractivity contribution < 1.29 is 13.6 Å². The summed E-state index contributed by atoms with van der Waals surface area (Å²) < 4.78 is 30.2. The second kappa shape index (κ2) is 8.29. The summed E-state index contributed by atoms with van der Waals surface area (Å²) in [5, 5.41) is 6.95. The molecule has 1 aromatic carbocycles. The third kappa shape index (κ3) is 3.69. The molecule has 32 heavy (non-hydrogen) atoms. The van der Waals surface area contributed by atoms with Crippen LogP contribution in [0.25, 0.3) is 10.2 Å². The lowest BCUT2D eigenvalue weighted by Crippen LogP contribution is -2.44. The van der Waals surface area contributed by atoms with E-state index in [4.69, 9.17) is 5.73 Å². The minimum Gasteiger partial charge on any atom is -0.397 e. The smallest absolute Gasteiger partial charge is 0.263 e. The summed E-state index contributed by atoms with van der Waals surface area (Å²) in [5.41, 5.74) is 8.59.